The summed E-state index contributed by atoms with van der Waals surface area (Å²) in [6.45, 7) is 5.89. The molecule has 0 aliphatic carbocycles. The standard InChI is InChI=1S/C12H17Br2NO/c1-12(2,8-16)7-15-6-9-3-4-10(13)11(14)5-9/h3-5,15-16H,6-8H2,1-2H3. The van der Waals surface area contributed by atoms with Crippen LogP contribution >= 0.6 is 31.9 Å². The summed E-state index contributed by atoms with van der Waals surface area (Å²) in [6.07, 6.45) is 0. The van der Waals surface area contributed by atoms with Crippen LogP contribution in [0.3, 0.4) is 0 Å². The number of hydrogen-bond donors (Lipinski definition) is 2. The molecule has 0 spiro atoms. The molecule has 2 N–H and O–H groups in total. The highest BCUT2D eigenvalue weighted by atomic mass is 79.9. The van der Waals surface area contributed by atoms with Crippen molar-refractivity contribution in [2.45, 2.75) is 20.4 Å². The lowest BCUT2D eigenvalue weighted by Gasteiger charge is -2.22. The maximum atomic E-state index is 9.12. The van der Waals surface area contributed by atoms with E-state index in [4.69, 9.17) is 5.11 Å². The molecule has 0 unspecified atom stereocenters. The van der Waals surface area contributed by atoms with E-state index in [-0.39, 0.29) is 12.0 Å². The highest BCUT2D eigenvalue weighted by molar-refractivity contribution is 9.13. The normalized spacial score (nSPS) is 11.8. The number of aliphatic hydroxyl groups excluding tert-OH is 1. The minimum Gasteiger partial charge on any atom is -0.396 e. The predicted octanol–water partition coefficient (Wildman–Crippen LogP) is 3.32. The van der Waals surface area contributed by atoms with Gasteiger partial charge in [-0.3, -0.25) is 0 Å². The highest BCUT2D eigenvalue weighted by Crippen LogP contribution is 2.23. The first-order valence-electron chi connectivity index (χ1n) is 5.20. The number of halogens is 2. The topological polar surface area (TPSA) is 32.3 Å². The van der Waals surface area contributed by atoms with Crippen molar-refractivity contribution in [3.63, 3.8) is 0 Å². The molecule has 0 saturated carbocycles. The maximum Gasteiger partial charge on any atom is 0.0494 e. The van der Waals surface area contributed by atoms with Crippen LogP contribution in [0.2, 0.25) is 0 Å². The van der Waals surface area contributed by atoms with Crippen LogP contribution in [0.5, 0.6) is 0 Å². The molecule has 0 aliphatic heterocycles. The van der Waals surface area contributed by atoms with E-state index in [1.54, 1.807) is 0 Å². The first-order valence-corrected chi connectivity index (χ1v) is 6.79. The fraction of sp³-hybridized carbons (Fsp3) is 0.500. The van der Waals surface area contributed by atoms with Crippen LogP contribution in [0, 0.1) is 5.41 Å². The Morgan fingerprint density at radius 2 is 1.94 bits per heavy atom. The van der Waals surface area contributed by atoms with Gasteiger partial charge in [0.15, 0.2) is 0 Å². The zero-order chi connectivity index (χ0) is 12.2. The van der Waals surface area contributed by atoms with Crippen molar-refractivity contribution in [2.24, 2.45) is 5.41 Å². The summed E-state index contributed by atoms with van der Waals surface area (Å²) in [5, 5.41) is 12.5. The Hall–Kier alpha value is 0.1000. The minimum absolute atomic E-state index is 0.0629. The van der Waals surface area contributed by atoms with Crippen LogP contribution in [0.4, 0.5) is 0 Å². The average molecular weight is 351 g/mol. The summed E-state index contributed by atoms with van der Waals surface area (Å²) < 4.78 is 2.13. The molecule has 1 aromatic carbocycles. The first-order chi connectivity index (χ1) is 7.44. The summed E-state index contributed by atoms with van der Waals surface area (Å²) in [5.74, 6) is 0. The number of rotatable bonds is 5. The number of nitrogens with one attached hydrogen (secondary N) is 1. The van der Waals surface area contributed by atoms with Crippen molar-refractivity contribution in [3.8, 4) is 0 Å². The molecule has 4 heteroatoms. The summed E-state index contributed by atoms with van der Waals surface area (Å²) in [6, 6.07) is 6.19. The van der Waals surface area contributed by atoms with E-state index in [2.05, 4.69) is 49.3 Å². The Bertz CT molecular complexity index is 353. The van der Waals surface area contributed by atoms with Gasteiger partial charge in [-0.1, -0.05) is 19.9 Å². The van der Waals surface area contributed by atoms with Crippen LogP contribution < -0.4 is 5.32 Å². The Morgan fingerprint density at radius 1 is 1.25 bits per heavy atom. The monoisotopic (exact) mass is 349 g/mol. The van der Waals surface area contributed by atoms with E-state index in [1.807, 2.05) is 19.9 Å². The van der Waals surface area contributed by atoms with Crippen LogP contribution in [0.15, 0.2) is 27.1 Å². The van der Waals surface area contributed by atoms with Gasteiger partial charge in [0.2, 0.25) is 0 Å². The van der Waals surface area contributed by atoms with E-state index in [9.17, 15) is 0 Å². The zero-order valence-electron chi connectivity index (χ0n) is 9.56. The van der Waals surface area contributed by atoms with E-state index in [0.717, 1.165) is 22.0 Å². The fourth-order valence-electron chi connectivity index (χ4n) is 1.25. The van der Waals surface area contributed by atoms with Crippen molar-refractivity contribution in [3.05, 3.63) is 32.7 Å². The van der Waals surface area contributed by atoms with Gasteiger partial charge in [0.1, 0.15) is 0 Å². The van der Waals surface area contributed by atoms with Gasteiger partial charge in [0.05, 0.1) is 0 Å². The van der Waals surface area contributed by atoms with Crippen LogP contribution in [0.1, 0.15) is 19.4 Å². The molecule has 0 radical (unpaired) electrons. The van der Waals surface area contributed by atoms with Gasteiger partial charge in [0, 0.05) is 34.1 Å². The molecule has 0 bridgehead atoms. The molecule has 16 heavy (non-hydrogen) atoms. The summed E-state index contributed by atoms with van der Waals surface area (Å²) in [5.41, 5.74) is 1.16. The second kappa shape index (κ2) is 6.15. The van der Waals surface area contributed by atoms with E-state index in [1.165, 1.54) is 5.56 Å². The predicted molar refractivity (Wildman–Crippen MR) is 74.4 cm³/mol. The van der Waals surface area contributed by atoms with E-state index >= 15 is 0 Å². The van der Waals surface area contributed by atoms with Crippen LogP contribution in [0.25, 0.3) is 0 Å². The summed E-state index contributed by atoms with van der Waals surface area (Å²) >= 11 is 6.92. The zero-order valence-corrected chi connectivity index (χ0v) is 12.7. The van der Waals surface area contributed by atoms with Crippen molar-refractivity contribution in [2.75, 3.05) is 13.2 Å². The van der Waals surface area contributed by atoms with Crippen molar-refractivity contribution in [1.82, 2.24) is 5.32 Å². The molecular formula is C12H17Br2NO. The largest absolute Gasteiger partial charge is 0.396 e. The smallest absolute Gasteiger partial charge is 0.0494 e. The third-order valence-corrected chi connectivity index (χ3v) is 4.22. The third kappa shape index (κ3) is 4.53. The Kier molecular flexibility index (Phi) is 5.44. The molecule has 0 saturated heterocycles. The fourth-order valence-corrected chi connectivity index (χ4v) is 1.92. The van der Waals surface area contributed by atoms with Gasteiger partial charge in [-0.25, -0.2) is 0 Å². The van der Waals surface area contributed by atoms with Crippen molar-refractivity contribution < 1.29 is 5.11 Å². The van der Waals surface area contributed by atoms with Gasteiger partial charge in [0.25, 0.3) is 0 Å². The van der Waals surface area contributed by atoms with Gasteiger partial charge in [-0.05, 0) is 49.6 Å². The van der Waals surface area contributed by atoms with Crippen molar-refractivity contribution >= 4 is 31.9 Å². The van der Waals surface area contributed by atoms with E-state index in [0.29, 0.717) is 0 Å². The second-order valence-electron chi connectivity index (χ2n) is 4.67. The molecule has 0 amide bonds. The molecule has 0 heterocycles. The van der Waals surface area contributed by atoms with Crippen LogP contribution in [-0.2, 0) is 6.54 Å². The first kappa shape index (κ1) is 14.2. The Labute approximate surface area is 114 Å². The second-order valence-corrected chi connectivity index (χ2v) is 6.38. The Balaban J connectivity index is 2.46. The van der Waals surface area contributed by atoms with Crippen LogP contribution in [-0.4, -0.2) is 18.3 Å². The molecule has 0 fully saturated rings. The molecule has 1 rings (SSSR count). The van der Waals surface area contributed by atoms with E-state index < -0.39 is 0 Å². The average Bonchev–Trinajstić information content (AvgIpc) is 2.23. The molecule has 90 valence electrons. The molecule has 0 aliphatic rings. The molecular weight excluding hydrogens is 334 g/mol. The van der Waals surface area contributed by atoms with Gasteiger partial charge in [-0.2, -0.15) is 0 Å². The maximum absolute atomic E-state index is 9.12. The molecule has 0 atom stereocenters. The van der Waals surface area contributed by atoms with Gasteiger partial charge >= 0.3 is 0 Å². The third-order valence-electron chi connectivity index (χ3n) is 2.34. The number of aliphatic hydroxyl groups is 1. The summed E-state index contributed by atoms with van der Waals surface area (Å²) in [4.78, 5) is 0. The van der Waals surface area contributed by atoms with Gasteiger partial charge < -0.3 is 10.4 Å². The SMILES string of the molecule is CC(C)(CO)CNCc1ccc(Br)c(Br)c1. The van der Waals surface area contributed by atoms with Crippen molar-refractivity contribution in [1.29, 1.82) is 0 Å². The van der Waals surface area contributed by atoms with Gasteiger partial charge in [-0.15, -0.1) is 0 Å². The molecule has 1 aromatic rings. The molecule has 0 aromatic heterocycles. The Morgan fingerprint density at radius 3 is 2.50 bits per heavy atom. The minimum atomic E-state index is -0.0629. The lowest BCUT2D eigenvalue weighted by molar-refractivity contribution is 0.156. The molecule has 2 nitrogen and oxygen atoms in total. The lowest BCUT2D eigenvalue weighted by atomic mass is 9.95. The highest BCUT2D eigenvalue weighted by Gasteiger charge is 2.15. The lowest BCUT2D eigenvalue weighted by Crippen LogP contribution is -2.31. The quantitative estimate of drug-likeness (QED) is 0.853. The summed E-state index contributed by atoms with van der Waals surface area (Å²) in [7, 11) is 0. The number of benzene rings is 1. The number of hydrogen-bond acceptors (Lipinski definition) is 2.